The highest BCUT2D eigenvalue weighted by Crippen LogP contribution is 2.15. The van der Waals surface area contributed by atoms with Crippen LogP contribution < -0.4 is 10.1 Å². The maximum atomic E-state index is 13.0. The molecule has 0 aliphatic rings. The lowest BCUT2D eigenvalue weighted by molar-refractivity contribution is -0.143. The number of carbonyl (C=O) groups is 1. The van der Waals surface area contributed by atoms with E-state index < -0.39 is 23.6 Å². The second kappa shape index (κ2) is 7.68. The minimum atomic E-state index is -0.730. The van der Waals surface area contributed by atoms with E-state index in [4.69, 9.17) is 4.74 Å². The topological polar surface area (TPSA) is 47.6 Å². The number of carbonyl (C=O) groups excluding carboxylic acids is 1. The molecular weight excluding hydrogens is 256 g/mol. The third-order valence-corrected chi connectivity index (χ3v) is 2.38. The predicted octanol–water partition coefficient (Wildman–Crippen LogP) is 1.88. The van der Waals surface area contributed by atoms with Crippen molar-refractivity contribution in [1.29, 1.82) is 0 Å². The molecule has 0 radical (unpaired) electrons. The standard InChI is InChI=1S/C13H17F2NO3/c1-3-4-16-12(13(17)18-2)8-19-11-6-9(14)5-10(15)7-11/h5-7,12,16H,3-4,8H2,1-2H3. The fourth-order valence-electron chi connectivity index (χ4n) is 1.46. The molecule has 0 fully saturated rings. The molecule has 1 rings (SSSR count). The number of nitrogens with one attached hydrogen (secondary N) is 1. The van der Waals surface area contributed by atoms with Gasteiger partial charge in [0.05, 0.1) is 7.11 Å². The predicted molar refractivity (Wildman–Crippen MR) is 66.0 cm³/mol. The lowest BCUT2D eigenvalue weighted by Crippen LogP contribution is -2.42. The Balaban J connectivity index is 2.61. The SMILES string of the molecule is CCCNC(COc1cc(F)cc(F)c1)C(=O)OC. The van der Waals surface area contributed by atoms with Crippen LogP contribution in [0.1, 0.15) is 13.3 Å². The highest BCUT2D eigenvalue weighted by molar-refractivity contribution is 5.75. The van der Waals surface area contributed by atoms with Crippen molar-refractivity contribution in [3.63, 3.8) is 0 Å². The summed E-state index contributed by atoms with van der Waals surface area (Å²) >= 11 is 0. The van der Waals surface area contributed by atoms with Gasteiger partial charge in [-0.25, -0.2) is 8.78 Å². The van der Waals surface area contributed by atoms with Crippen LogP contribution in [0.15, 0.2) is 18.2 Å². The number of ether oxygens (including phenoxy) is 2. The van der Waals surface area contributed by atoms with Crippen LogP contribution in [0.2, 0.25) is 0 Å². The van der Waals surface area contributed by atoms with E-state index in [0.717, 1.165) is 24.6 Å². The number of rotatable bonds is 7. The molecule has 0 aliphatic carbocycles. The zero-order valence-electron chi connectivity index (χ0n) is 10.9. The summed E-state index contributed by atoms with van der Waals surface area (Å²) in [6.45, 7) is 2.50. The summed E-state index contributed by atoms with van der Waals surface area (Å²) in [5.41, 5.74) is 0. The molecule has 1 N–H and O–H groups in total. The van der Waals surface area contributed by atoms with Crippen molar-refractivity contribution in [2.75, 3.05) is 20.3 Å². The Bertz CT molecular complexity index is 406. The van der Waals surface area contributed by atoms with E-state index in [1.807, 2.05) is 6.92 Å². The lowest BCUT2D eigenvalue weighted by Gasteiger charge is -2.16. The quantitative estimate of drug-likeness (QED) is 0.771. The van der Waals surface area contributed by atoms with E-state index in [1.54, 1.807) is 0 Å². The van der Waals surface area contributed by atoms with Crippen LogP contribution in [0.4, 0.5) is 8.78 Å². The molecule has 0 saturated heterocycles. The Morgan fingerprint density at radius 3 is 2.47 bits per heavy atom. The van der Waals surface area contributed by atoms with E-state index in [2.05, 4.69) is 10.1 Å². The van der Waals surface area contributed by atoms with Gasteiger partial charge in [0.25, 0.3) is 0 Å². The van der Waals surface area contributed by atoms with Crippen molar-refractivity contribution < 1.29 is 23.0 Å². The molecule has 0 spiro atoms. The first-order chi connectivity index (χ1) is 9.06. The maximum absolute atomic E-state index is 13.0. The van der Waals surface area contributed by atoms with E-state index in [-0.39, 0.29) is 12.4 Å². The normalized spacial score (nSPS) is 12.0. The number of hydrogen-bond donors (Lipinski definition) is 1. The van der Waals surface area contributed by atoms with Crippen molar-refractivity contribution in [3.8, 4) is 5.75 Å². The Labute approximate surface area is 110 Å². The van der Waals surface area contributed by atoms with Gasteiger partial charge < -0.3 is 14.8 Å². The molecule has 0 aromatic heterocycles. The second-order valence-corrected chi connectivity index (χ2v) is 3.95. The highest BCUT2D eigenvalue weighted by atomic mass is 19.1. The summed E-state index contributed by atoms with van der Waals surface area (Å²) in [5, 5.41) is 2.93. The molecule has 1 aromatic rings. The van der Waals surface area contributed by atoms with Gasteiger partial charge in [0.15, 0.2) is 0 Å². The Morgan fingerprint density at radius 2 is 1.95 bits per heavy atom. The highest BCUT2D eigenvalue weighted by Gasteiger charge is 2.19. The molecule has 0 amide bonds. The van der Waals surface area contributed by atoms with Gasteiger partial charge in [-0.15, -0.1) is 0 Å². The Hall–Kier alpha value is -1.69. The van der Waals surface area contributed by atoms with E-state index in [1.165, 1.54) is 7.11 Å². The Morgan fingerprint density at radius 1 is 1.32 bits per heavy atom. The summed E-state index contributed by atoms with van der Waals surface area (Å²) < 4.78 is 35.7. The first kappa shape index (κ1) is 15.4. The lowest BCUT2D eigenvalue weighted by atomic mass is 10.3. The fourth-order valence-corrected chi connectivity index (χ4v) is 1.46. The molecule has 0 saturated carbocycles. The van der Waals surface area contributed by atoms with Crippen molar-refractivity contribution in [1.82, 2.24) is 5.32 Å². The maximum Gasteiger partial charge on any atom is 0.326 e. The van der Waals surface area contributed by atoms with Crippen LogP contribution in [0, 0.1) is 11.6 Å². The van der Waals surface area contributed by atoms with Crippen molar-refractivity contribution in [2.45, 2.75) is 19.4 Å². The van der Waals surface area contributed by atoms with Crippen molar-refractivity contribution in [3.05, 3.63) is 29.8 Å². The molecule has 106 valence electrons. The number of hydrogen-bond acceptors (Lipinski definition) is 4. The summed E-state index contributed by atoms with van der Waals surface area (Å²) in [7, 11) is 1.27. The van der Waals surface area contributed by atoms with Crippen LogP contribution in [-0.4, -0.2) is 32.3 Å². The molecule has 1 unspecified atom stereocenters. The van der Waals surface area contributed by atoms with Crippen LogP contribution in [0.3, 0.4) is 0 Å². The van der Waals surface area contributed by atoms with E-state index >= 15 is 0 Å². The third kappa shape index (κ3) is 5.21. The first-order valence-corrected chi connectivity index (χ1v) is 5.97. The zero-order valence-corrected chi connectivity index (χ0v) is 10.9. The van der Waals surface area contributed by atoms with Crippen LogP contribution in [0.5, 0.6) is 5.75 Å². The monoisotopic (exact) mass is 273 g/mol. The van der Waals surface area contributed by atoms with Gasteiger partial charge >= 0.3 is 5.97 Å². The molecule has 0 bridgehead atoms. The van der Waals surface area contributed by atoms with Gasteiger partial charge in [-0.05, 0) is 13.0 Å². The number of esters is 1. The van der Waals surface area contributed by atoms with Gasteiger partial charge in [-0.1, -0.05) is 6.92 Å². The molecule has 0 heterocycles. The number of halogens is 2. The molecule has 4 nitrogen and oxygen atoms in total. The van der Waals surface area contributed by atoms with Crippen LogP contribution in [-0.2, 0) is 9.53 Å². The molecule has 1 atom stereocenters. The molecular formula is C13H17F2NO3. The summed E-state index contributed by atoms with van der Waals surface area (Å²) in [4.78, 5) is 11.5. The zero-order chi connectivity index (χ0) is 14.3. The van der Waals surface area contributed by atoms with Crippen molar-refractivity contribution >= 4 is 5.97 Å². The van der Waals surface area contributed by atoms with Gasteiger partial charge in [-0.2, -0.15) is 0 Å². The minimum absolute atomic E-state index is 0.0321. The molecule has 1 aromatic carbocycles. The summed E-state index contributed by atoms with van der Waals surface area (Å²) in [6, 6.07) is 2.19. The van der Waals surface area contributed by atoms with Gasteiger partial charge in [0.2, 0.25) is 0 Å². The minimum Gasteiger partial charge on any atom is -0.491 e. The largest absolute Gasteiger partial charge is 0.491 e. The fraction of sp³-hybridized carbons (Fsp3) is 0.462. The van der Waals surface area contributed by atoms with Gasteiger partial charge in [0, 0.05) is 18.2 Å². The first-order valence-electron chi connectivity index (χ1n) is 5.97. The Kier molecular flexibility index (Phi) is 6.21. The van der Waals surface area contributed by atoms with Gasteiger partial charge in [0.1, 0.15) is 30.0 Å². The second-order valence-electron chi connectivity index (χ2n) is 3.95. The molecule has 6 heteroatoms. The van der Waals surface area contributed by atoms with E-state index in [0.29, 0.717) is 6.54 Å². The van der Waals surface area contributed by atoms with Crippen LogP contribution >= 0.6 is 0 Å². The number of benzene rings is 1. The smallest absolute Gasteiger partial charge is 0.326 e. The summed E-state index contributed by atoms with van der Waals surface area (Å²) in [6.07, 6.45) is 0.835. The number of methoxy groups -OCH3 is 1. The van der Waals surface area contributed by atoms with Crippen molar-refractivity contribution in [2.24, 2.45) is 0 Å². The summed E-state index contributed by atoms with van der Waals surface area (Å²) in [5.74, 6) is -1.91. The molecule has 0 aliphatic heterocycles. The average molecular weight is 273 g/mol. The van der Waals surface area contributed by atoms with E-state index in [9.17, 15) is 13.6 Å². The molecule has 19 heavy (non-hydrogen) atoms. The third-order valence-electron chi connectivity index (χ3n) is 2.38. The van der Waals surface area contributed by atoms with Crippen LogP contribution in [0.25, 0.3) is 0 Å². The average Bonchev–Trinajstić information content (AvgIpc) is 2.37. The van der Waals surface area contributed by atoms with Gasteiger partial charge in [-0.3, -0.25) is 4.79 Å².